The van der Waals surface area contributed by atoms with Crippen molar-refractivity contribution in [2.75, 3.05) is 13.2 Å². The Morgan fingerprint density at radius 1 is 0.408 bits per heavy atom. The maximum Gasteiger partial charge on any atom is 0.306 e. The Balaban J connectivity index is 4.37. The summed E-state index contributed by atoms with van der Waals surface area (Å²) in [6.07, 6.45) is 29.6. The number of hydrogen-bond donors (Lipinski definition) is 0. The van der Waals surface area contributed by atoms with Crippen molar-refractivity contribution in [2.45, 2.75) is 227 Å². The van der Waals surface area contributed by atoms with Crippen molar-refractivity contribution >= 4 is 17.9 Å². The van der Waals surface area contributed by atoms with Crippen LogP contribution in [-0.2, 0) is 28.6 Å². The number of carbonyl (C=O) groups is 3. The highest BCUT2D eigenvalue weighted by Crippen LogP contribution is 2.17. The van der Waals surface area contributed by atoms with E-state index in [1.54, 1.807) is 0 Å². The van der Waals surface area contributed by atoms with Gasteiger partial charge < -0.3 is 14.2 Å². The first-order chi connectivity index (χ1) is 23.6. The molecule has 0 heterocycles. The monoisotopic (exact) mass is 695 g/mol. The molecule has 49 heavy (non-hydrogen) atoms. The van der Waals surface area contributed by atoms with E-state index in [1.807, 2.05) is 0 Å². The van der Waals surface area contributed by atoms with Gasteiger partial charge in [-0.15, -0.1) is 0 Å². The first kappa shape index (κ1) is 47.4. The lowest BCUT2D eigenvalue weighted by molar-refractivity contribution is -0.167. The second-order valence-corrected chi connectivity index (χ2v) is 15.8. The molecule has 0 amide bonds. The lowest BCUT2D eigenvalue weighted by Crippen LogP contribution is -2.30. The minimum atomic E-state index is -0.762. The number of hydrogen-bond acceptors (Lipinski definition) is 6. The Hall–Kier alpha value is -1.59. The van der Waals surface area contributed by atoms with Crippen molar-refractivity contribution in [3.8, 4) is 0 Å². The molecule has 0 N–H and O–H groups in total. The van der Waals surface area contributed by atoms with Gasteiger partial charge in [-0.25, -0.2) is 0 Å². The Morgan fingerprint density at radius 3 is 1.06 bits per heavy atom. The molecule has 0 rings (SSSR count). The first-order valence-corrected chi connectivity index (χ1v) is 21.1. The molecule has 0 saturated heterocycles. The van der Waals surface area contributed by atoms with E-state index < -0.39 is 6.10 Å². The molecule has 0 aliphatic carbocycles. The largest absolute Gasteiger partial charge is 0.462 e. The lowest BCUT2D eigenvalue weighted by atomic mass is 10.00. The van der Waals surface area contributed by atoms with E-state index in [0.717, 1.165) is 75.5 Å². The van der Waals surface area contributed by atoms with Crippen LogP contribution in [-0.4, -0.2) is 37.2 Å². The van der Waals surface area contributed by atoms with Crippen molar-refractivity contribution in [1.29, 1.82) is 0 Å². The highest BCUT2D eigenvalue weighted by molar-refractivity contribution is 5.71. The molecule has 290 valence electrons. The second-order valence-electron chi connectivity index (χ2n) is 15.8. The highest BCUT2D eigenvalue weighted by Gasteiger charge is 2.19. The minimum absolute atomic E-state index is 0.0682. The zero-order valence-electron chi connectivity index (χ0n) is 33.5. The summed E-state index contributed by atoms with van der Waals surface area (Å²) in [4.78, 5) is 37.5. The molecule has 0 fully saturated rings. The smallest absolute Gasteiger partial charge is 0.306 e. The second kappa shape index (κ2) is 34.8. The average Bonchev–Trinajstić information content (AvgIpc) is 3.06. The Morgan fingerprint density at radius 2 is 0.714 bits per heavy atom. The molecule has 0 radical (unpaired) electrons. The van der Waals surface area contributed by atoms with Gasteiger partial charge in [0.1, 0.15) is 13.2 Å². The number of carbonyl (C=O) groups excluding carboxylic acids is 3. The molecule has 0 bridgehead atoms. The van der Waals surface area contributed by atoms with Gasteiger partial charge in [-0.05, 0) is 37.0 Å². The first-order valence-electron chi connectivity index (χ1n) is 21.1. The van der Waals surface area contributed by atoms with Crippen molar-refractivity contribution in [1.82, 2.24) is 0 Å². The Kier molecular flexibility index (Phi) is 33.7. The van der Waals surface area contributed by atoms with Gasteiger partial charge in [0.05, 0.1) is 0 Å². The van der Waals surface area contributed by atoms with Crippen LogP contribution >= 0.6 is 0 Å². The summed E-state index contributed by atoms with van der Waals surface area (Å²) in [5.41, 5.74) is 0. The molecule has 2 atom stereocenters. The Bertz CT molecular complexity index is 763. The molecule has 0 aliphatic rings. The summed E-state index contributed by atoms with van der Waals surface area (Å²) in [6, 6.07) is 0. The standard InChI is InChI=1S/C43H82O6/c1-7-39(6)31-25-19-15-16-22-28-34-43(46)49-40(36-48-42(45)33-27-21-14-10-12-18-24-30-38(4)5)35-47-41(44)32-26-20-13-9-8-11-17-23-29-37(2)3/h37-40H,7-36H2,1-6H3/t39?,40-/m1/s1. The molecule has 0 aliphatic heterocycles. The topological polar surface area (TPSA) is 78.9 Å². The van der Waals surface area contributed by atoms with Crippen molar-refractivity contribution < 1.29 is 28.6 Å². The summed E-state index contributed by atoms with van der Waals surface area (Å²) < 4.78 is 16.6. The van der Waals surface area contributed by atoms with Crippen LogP contribution in [0.3, 0.4) is 0 Å². The molecule has 0 aromatic heterocycles. The van der Waals surface area contributed by atoms with E-state index in [9.17, 15) is 14.4 Å². The highest BCUT2D eigenvalue weighted by atomic mass is 16.6. The zero-order chi connectivity index (χ0) is 36.4. The van der Waals surface area contributed by atoms with Crippen LogP contribution in [0.1, 0.15) is 221 Å². The van der Waals surface area contributed by atoms with E-state index >= 15 is 0 Å². The maximum atomic E-state index is 12.6. The molecular weight excluding hydrogens is 612 g/mol. The fraction of sp³-hybridized carbons (Fsp3) is 0.930. The molecule has 0 aromatic rings. The summed E-state index contributed by atoms with van der Waals surface area (Å²) in [7, 11) is 0. The lowest BCUT2D eigenvalue weighted by Gasteiger charge is -2.18. The van der Waals surface area contributed by atoms with E-state index in [-0.39, 0.29) is 31.1 Å². The van der Waals surface area contributed by atoms with Gasteiger partial charge in [0.15, 0.2) is 6.10 Å². The van der Waals surface area contributed by atoms with Gasteiger partial charge in [0.2, 0.25) is 0 Å². The van der Waals surface area contributed by atoms with E-state index in [4.69, 9.17) is 14.2 Å². The third kappa shape index (κ3) is 36.0. The SMILES string of the molecule is CCC(C)CCCCCCCCC(=O)O[C@H](COC(=O)CCCCCCCCCCC(C)C)COC(=O)CCCCCCCCCC(C)C. The minimum Gasteiger partial charge on any atom is -0.462 e. The van der Waals surface area contributed by atoms with Crippen molar-refractivity contribution in [3.63, 3.8) is 0 Å². The number of ether oxygens (including phenoxy) is 3. The van der Waals surface area contributed by atoms with Gasteiger partial charge in [0.25, 0.3) is 0 Å². The number of unbranched alkanes of at least 4 members (excludes halogenated alkanes) is 18. The van der Waals surface area contributed by atoms with Crippen molar-refractivity contribution in [3.05, 3.63) is 0 Å². The molecule has 0 spiro atoms. The van der Waals surface area contributed by atoms with Crippen LogP contribution in [0.15, 0.2) is 0 Å². The average molecular weight is 695 g/mol. The number of rotatable bonds is 36. The summed E-state index contributed by atoms with van der Waals surface area (Å²) >= 11 is 0. The molecule has 6 nitrogen and oxygen atoms in total. The van der Waals surface area contributed by atoms with Gasteiger partial charge >= 0.3 is 17.9 Å². The van der Waals surface area contributed by atoms with Gasteiger partial charge in [-0.3, -0.25) is 14.4 Å². The normalized spacial score (nSPS) is 12.7. The quantitative estimate of drug-likeness (QED) is 0.0369. The number of esters is 3. The molecule has 0 aromatic carbocycles. The van der Waals surface area contributed by atoms with Crippen molar-refractivity contribution in [2.24, 2.45) is 17.8 Å². The van der Waals surface area contributed by atoms with E-state index in [1.165, 1.54) is 103 Å². The summed E-state index contributed by atoms with van der Waals surface area (Å²) in [5, 5.41) is 0. The fourth-order valence-electron chi connectivity index (χ4n) is 6.14. The van der Waals surface area contributed by atoms with Crippen LogP contribution in [0, 0.1) is 17.8 Å². The van der Waals surface area contributed by atoms with Gasteiger partial charge in [-0.1, -0.05) is 183 Å². The van der Waals surface area contributed by atoms with Crippen LogP contribution in [0.4, 0.5) is 0 Å². The molecule has 6 heteroatoms. The van der Waals surface area contributed by atoms with E-state index in [0.29, 0.717) is 19.3 Å². The third-order valence-electron chi connectivity index (χ3n) is 9.76. The molecular formula is C43H82O6. The fourth-order valence-corrected chi connectivity index (χ4v) is 6.14. The summed E-state index contributed by atoms with van der Waals surface area (Å²) in [5.74, 6) is 1.51. The predicted molar refractivity (Wildman–Crippen MR) is 206 cm³/mol. The Labute approximate surface area is 304 Å². The third-order valence-corrected chi connectivity index (χ3v) is 9.76. The summed E-state index contributed by atoms with van der Waals surface area (Å²) in [6.45, 7) is 13.5. The maximum absolute atomic E-state index is 12.6. The van der Waals surface area contributed by atoms with Crippen LogP contribution < -0.4 is 0 Å². The molecule has 0 saturated carbocycles. The van der Waals surface area contributed by atoms with Crippen LogP contribution in [0.5, 0.6) is 0 Å². The van der Waals surface area contributed by atoms with E-state index in [2.05, 4.69) is 41.5 Å². The zero-order valence-corrected chi connectivity index (χ0v) is 33.5. The predicted octanol–water partition coefficient (Wildman–Crippen LogP) is 12.9. The van der Waals surface area contributed by atoms with Crippen LogP contribution in [0.25, 0.3) is 0 Å². The molecule has 1 unspecified atom stereocenters. The van der Waals surface area contributed by atoms with Crippen LogP contribution in [0.2, 0.25) is 0 Å². The van der Waals surface area contributed by atoms with Gasteiger partial charge in [-0.2, -0.15) is 0 Å². The van der Waals surface area contributed by atoms with Gasteiger partial charge in [0, 0.05) is 19.3 Å².